The van der Waals surface area contributed by atoms with Crippen LogP contribution in [-0.2, 0) is 20.9 Å². The molecule has 0 bridgehead atoms. The second kappa shape index (κ2) is 11.4. The Labute approximate surface area is 191 Å². The van der Waals surface area contributed by atoms with Crippen LogP contribution in [0.25, 0.3) is 0 Å². The SMILES string of the molecule is NC(=O)c1ccc[n+](CC(=O)OC[C@@H](NC(=O)C(Cl)Cl)[C@H](O)c2ccc([N+](=O)[O-])cc2)c1. The summed E-state index contributed by atoms with van der Waals surface area (Å²) in [5.41, 5.74) is 5.42. The summed E-state index contributed by atoms with van der Waals surface area (Å²) in [6.45, 7) is -0.734. The molecule has 2 atom stereocenters. The molecule has 2 rings (SSSR count). The van der Waals surface area contributed by atoms with Gasteiger partial charge in [0.15, 0.2) is 17.2 Å². The number of nitrogens with one attached hydrogen (secondary N) is 1. The highest BCUT2D eigenvalue weighted by atomic mass is 35.5. The van der Waals surface area contributed by atoms with Crippen molar-refractivity contribution in [2.24, 2.45) is 5.73 Å². The van der Waals surface area contributed by atoms with E-state index in [1.54, 1.807) is 0 Å². The summed E-state index contributed by atoms with van der Waals surface area (Å²) in [6, 6.07) is 6.80. The first-order valence-corrected chi connectivity index (χ1v) is 9.91. The summed E-state index contributed by atoms with van der Waals surface area (Å²) in [4.78, 5) is 44.1. The van der Waals surface area contributed by atoms with Crippen LogP contribution in [0.4, 0.5) is 5.69 Å². The molecule has 1 aromatic carbocycles. The zero-order valence-corrected chi connectivity index (χ0v) is 17.9. The molecule has 1 aromatic heterocycles. The fraction of sp³-hybridized carbons (Fsp3) is 0.263. The highest BCUT2D eigenvalue weighted by Crippen LogP contribution is 2.21. The van der Waals surface area contributed by atoms with E-state index in [9.17, 15) is 29.6 Å². The Morgan fingerprint density at radius 1 is 1.22 bits per heavy atom. The Morgan fingerprint density at radius 3 is 2.44 bits per heavy atom. The number of aliphatic hydroxyl groups excluding tert-OH is 1. The van der Waals surface area contributed by atoms with E-state index in [-0.39, 0.29) is 23.4 Å². The molecule has 1 heterocycles. The summed E-state index contributed by atoms with van der Waals surface area (Å²) in [7, 11) is 0. The van der Waals surface area contributed by atoms with Crippen molar-refractivity contribution in [2.75, 3.05) is 6.61 Å². The number of nitro benzene ring substituents is 1. The largest absolute Gasteiger partial charge is 0.459 e. The van der Waals surface area contributed by atoms with E-state index in [0.29, 0.717) is 0 Å². The Morgan fingerprint density at radius 2 is 1.88 bits per heavy atom. The van der Waals surface area contributed by atoms with Crippen molar-refractivity contribution in [3.63, 3.8) is 0 Å². The number of benzene rings is 1. The third-order valence-electron chi connectivity index (χ3n) is 4.23. The van der Waals surface area contributed by atoms with Crippen molar-refractivity contribution < 1.29 is 33.7 Å². The zero-order valence-electron chi connectivity index (χ0n) is 16.4. The van der Waals surface area contributed by atoms with Crippen LogP contribution in [-0.4, -0.2) is 45.3 Å². The highest BCUT2D eigenvalue weighted by molar-refractivity contribution is 6.53. The molecule has 0 unspecified atom stereocenters. The highest BCUT2D eigenvalue weighted by Gasteiger charge is 2.27. The molecule has 2 amide bonds. The molecular formula is C19H19Cl2N4O7+. The van der Waals surface area contributed by atoms with Crippen LogP contribution in [0.15, 0.2) is 48.8 Å². The number of esters is 1. The van der Waals surface area contributed by atoms with Crippen molar-refractivity contribution in [2.45, 2.75) is 23.5 Å². The lowest BCUT2D eigenvalue weighted by atomic mass is 10.0. The van der Waals surface area contributed by atoms with Gasteiger partial charge in [0, 0.05) is 18.2 Å². The number of aromatic nitrogens is 1. The second-order valence-electron chi connectivity index (χ2n) is 6.52. The van der Waals surface area contributed by atoms with Crippen LogP contribution in [0, 0.1) is 10.1 Å². The van der Waals surface area contributed by atoms with Crippen LogP contribution >= 0.6 is 23.2 Å². The Bertz CT molecular complexity index is 1000. The van der Waals surface area contributed by atoms with Crippen LogP contribution in [0.1, 0.15) is 22.0 Å². The Hall–Kier alpha value is -3.28. The summed E-state index contributed by atoms with van der Waals surface area (Å²) in [5.74, 6) is -2.24. The minimum atomic E-state index is -1.44. The number of alkyl halides is 2. The molecule has 0 radical (unpaired) electrons. The summed E-state index contributed by atoms with van der Waals surface area (Å²) in [5, 5.41) is 23.8. The fourth-order valence-corrected chi connectivity index (χ4v) is 2.75. The van der Waals surface area contributed by atoms with E-state index >= 15 is 0 Å². The van der Waals surface area contributed by atoms with Crippen molar-refractivity contribution in [1.29, 1.82) is 0 Å². The first kappa shape index (κ1) is 25.0. The minimum absolute atomic E-state index is 0.189. The molecule has 13 heteroatoms. The van der Waals surface area contributed by atoms with Crippen LogP contribution in [0.5, 0.6) is 0 Å². The van der Waals surface area contributed by atoms with Gasteiger partial charge in [-0.2, -0.15) is 4.57 Å². The predicted octanol–water partition coefficient (Wildman–Crippen LogP) is 0.547. The van der Waals surface area contributed by atoms with Gasteiger partial charge in [-0.15, -0.1) is 0 Å². The average Bonchev–Trinajstić information content (AvgIpc) is 2.76. The van der Waals surface area contributed by atoms with Gasteiger partial charge < -0.3 is 20.9 Å². The molecule has 0 spiro atoms. The second-order valence-corrected chi connectivity index (χ2v) is 7.62. The van der Waals surface area contributed by atoms with Gasteiger partial charge in [-0.1, -0.05) is 23.2 Å². The fourth-order valence-electron chi connectivity index (χ4n) is 2.63. The number of ether oxygens (including phenoxy) is 1. The smallest absolute Gasteiger partial charge is 0.372 e. The number of hydrogen-bond donors (Lipinski definition) is 3. The lowest BCUT2D eigenvalue weighted by Crippen LogP contribution is -2.46. The van der Waals surface area contributed by atoms with Gasteiger partial charge >= 0.3 is 5.97 Å². The lowest BCUT2D eigenvalue weighted by Gasteiger charge is -2.24. The molecule has 11 nitrogen and oxygen atoms in total. The van der Waals surface area contributed by atoms with Gasteiger partial charge in [0.25, 0.3) is 17.5 Å². The number of nitro groups is 1. The number of halogens is 2. The summed E-state index contributed by atoms with van der Waals surface area (Å²) in [6.07, 6.45) is 1.48. The van der Waals surface area contributed by atoms with Crippen molar-refractivity contribution >= 4 is 46.7 Å². The van der Waals surface area contributed by atoms with E-state index in [0.717, 1.165) is 0 Å². The standard InChI is InChI=1S/C19H18Cl2N4O7/c20-17(21)19(29)23-14(16(27)11-3-5-13(6-4-11)25(30)31)10-32-15(26)9-24-7-1-2-12(8-24)18(22)28/h1-8,14,16-17,27H,9-10H2,(H2-,22,23,28,29)/p+1/t14-,16-/m1/s1. The molecule has 0 aliphatic heterocycles. The topological polar surface area (TPSA) is 166 Å². The molecule has 0 saturated carbocycles. The number of non-ortho nitro benzene ring substituents is 1. The minimum Gasteiger partial charge on any atom is -0.459 e. The number of nitrogens with zero attached hydrogens (tertiary/aromatic N) is 2. The number of nitrogens with two attached hydrogens (primary N) is 1. The number of amides is 2. The van der Waals surface area contributed by atoms with Crippen molar-refractivity contribution in [1.82, 2.24) is 5.32 Å². The van der Waals surface area contributed by atoms with Gasteiger partial charge in [-0.25, -0.2) is 4.79 Å². The molecule has 32 heavy (non-hydrogen) atoms. The van der Waals surface area contributed by atoms with Crippen LogP contribution in [0.2, 0.25) is 0 Å². The number of carbonyl (C=O) groups excluding carboxylic acids is 3. The van der Waals surface area contributed by atoms with E-state index < -0.39 is 46.3 Å². The average molecular weight is 486 g/mol. The lowest BCUT2D eigenvalue weighted by molar-refractivity contribution is -0.686. The number of carbonyl (C=O) groups is 3. The molecule has 2 aromatic rings. The maximum atomic E-state index is 12.2. The third-order valence-corrected chi connectivity index (χ3v) is 4.63. The number of rotatable bonds is 10. The quantitative estimate of drug-likeness (QED) is 0.145. The number of aliphatic hydroxyl groups is 1. The first-order chi connectivity index (χ1) is 15.1. The van der Waals surface area contributed by atoms with Crippen molar-refractivity contribution in [3.8, 4) is 0 Å². The van der Waals surface area contributed by atoms with E-state index in [1.165, 1.54) is 53.4 Å². The van der Waals surface area contributed by atoms with Gasteiger partial charge in [-0.3, -0.25) is 19.7 Å². The molecule has 0 aliphatic carbocycles. The molecule has 4 N–H and O–H groups in total. The molecule has 0 aliphatic rings. The predicted molar refractivity (Wildman–Crippen MR) is 112 cm³/mol. The van der Waals surface area contributed by atoms with Gasteiger partial charge in [-0.05, 0) is 23.8 Å². The van der Waals surface area contributed by atoms with Gasteiger partial charge in [0.1, 0.15) is 18.3 Å². The summed E-state index contributed by atoms with van der Waals surface area (Å²) >= 11 is 11.1. The Balaban J connectivity index is 2.10. The number of pyridine rings is 1. The monoisotopic (exact) mass is 485 g/mol. The van der Waals surface area contributed by atoms with Gasteiger partial charge in [0.05, 0.1) is 11.0 Å². The van der Waals surface area contributed by atoms with E-state index in [2.05, 4.69) is 5.32 Å². The molecule has 0 saturated heterocycles. The normalized spacial score (nSPS) is 12.6. The number of primary amides is 1. The molecule has 170 valence electrons. The zero-order chi connectivity index (χ0) is 23.8. The molecular weight excluding hydrogens is 467 g/mol. The number of hydrogen-bond acceptors (Lipinski definition) is 7. The van der Waals surface area contributed by atoms with Crippen LogP contribution < -0.4 is 15.6 Å². The van der Waals surface area contributed by atoms with Gasteiger partial charge in [0.2, 0.25) is 6.54 Å². The first-order valence-electron chi connectivity index (χ1n) is 9.04. The third kappa shape index (κ3) is 7.15. The molecule has 0 fully saturated rings. The Kier molecular flexibility index (Phi) is 8.88. The maximum Gasteiger partial charge on any atom is 0.372 e. The summed E-state index contributed by atoms with van der Waals surface area (Å²) < 4.78 is 6.52. The van der Waals surface area contributed by atoms with E-state index in [1.807, 2.05) is 0 Å². The van der Waals surface area contributed by atoms with E-state index in [4.69, 9.17) is 33.7 Å². The maximum absolute atomic E-state index is 12.2. The van der Waals surface area contributed by atoms with Crippen LogP contribution in [0.3, 0.4) is 0 Å². The van der Waals surface area contributed by atoms with Crippen molar-refractivity contribution in [3.05, 3.63) is 70.0 Å².